The average molecular weight is 632 g/mol. The number of nitrogen functional groups attached to an aromatic ring is 3. The number of hydrogen-bond acceptors (Lipinski definition) is 13. The summed E-state index contributed by atoms with van der Waals surface area (Å²) in [4.78, 5) is 65.9. The van der Waals surface area contributed by atoms with Gasteiger partial charge in [-0.15, -0.1) is 0 Å². The number of hydrogen-bond donors (Lipinski definition) is 7. The molecule has 2 heterocycles. The van der Waals surface area contributed by atoms with Gasteiger partial charge in [-0.25, -0.2) is 14.6 Å². The summed E-state index contributed by atoms with van der Waals surface area (Å²) in [6.45, 7) is 1.95. The van der Waals surface area contributed by atoms with Crippen LogP contribution in [0.3, 0.4) is 0 Å². The highest BCUT2D eigenvalue weighted by molar-refractivity contribution is 5.97. The van der Waals surface area contributed by atoms with E-state index in [0.29, 0.717) is 16.8 Å². The van der Waals surface area contributed by atoms with Gasteiger partial charge < -0.3 is 43.4 Å². The fourth-order valence-electron chi connectivity index (χ4n) is 4.16. The Bertz CT molecular complexity index is 1990. The molecule has 0 saturated heterocycles. The van der Waals surface area contributed by atoms with Gasteiger partial charge in [-0.05, 0) is 42.3 Å². The van der Waals surface area contributed by atoms with Crippen LogP contribution in [0.25, 0.3) is 5.65 Å². The molecule has 3 aromatic carbocycles. The van der Waals surface area contributed by atoms with Gasteiger partial charge in [0, 0.05) is 24.3 Å². The Hall–Kier alpha value is -6.29. The molecule has 16 nitrogen and oxygen atoms in total. The standard InChI is InChI=1S/C19H16N8O5.C10H13NO2.CH4/c20-11-12(14(29)13(11)28)24-8-3-1-2-7(4-8)6-23-17(30)9-5-10(18(31)32)27-16(25-9)15(21)26-19(27)22;1-7(11)8-3-5-9(6-4-8)10(12)13-2;/h1-5,24H,6,20-21H2,(H2,22,26)(H,23,30)(H,31,32);3-7H,11H2,1-2H3;1H4/t;7-;/m.0./s1. The van der Waals surface area contributed by atoms with E-state index in [9.17, 15) is 29.1 Å². The number of ether oxygens (including phenoxy) is 1. The first kappa shape index (κ1) is 34.2. The van der Waals surface area contributed by atoms with Crippen LogP contribution in [-0.2, 0) is 11.3 Å². The number of anilines is 5. The van der Waals surface area contributed by atoms with Crippen LogP contribution in [0.1, 0.15) is 62.9 Å². The Labute approximate surface area is 261 Å². The van der Waals surface area contributed by atoms with Crippen molar-refractivity contribution in [3.63, 3.8) is 0 Å². The van der Waals surface area contributed by atoms with Crippen LogP contribution in [0.2, 0.25) is 0 Å². The molecule has 0 aliphatic rings. The summed E-state index contributed by atoms with van der Waals surface area (Å²) in [5, 5.41) is 14.8. The highest BCUT2D eigenvalue weighted by atomic mass is 16.5. The number of amides is 1. The van der Waals surface area contributed by atoms with Crippen molar-refractivity contribution in [3.05, 3.63) is 103 Å². The largest absolute Gasteiger partial charge is 0.477 e. The molecule has 2 aromatic heterocycles. The number of imidazole rings is 1. The van der Waals surface area contributed by atoms with Crippen molar-refractivity contribution >= 4 is 52.3 Å². The van der Waals surface area contributed by atoms with Crippen molar-refractivity contribution in [3.8, 4) is 0 Å². The van der Waals surface area contributed by atoms with Gasteiger partial charge in [0.2, 0.25) is 5.95 Å². The zero-order chi connectivity index (χ0) is 33.0. The lowest BCUT2D eigenvalue weighted by atomic mass is 10.1. The first-order valence-electron chi connectivity index (χ1n) is 13.2. The second-order valence-electron chi connectivity index (χ2n) is 9.70. The number of methoxy groups -OCH3 is 1. The van der Waals surface area contributed by atoms with E-state index < -0.39 is 22.7 Å². The summed E-state index contributed by atoms with van der Waals surface area (Å²) in [6.07, 6.45) is 0. The number of fused-ring (bicyclic) bond motifs is 1. The first-order valence-corrected chi connectivity index (χ1v) is 13.2. The SMILES string of the molecule is C.COC(=O)c1ccc([C@H](C)N)cc1.Nc1c(Nc2cccc(CNC(=O)c3cc(C(=O)O)n4c(N)nc(N)c4n3)c2)c(=O)c1=O. The Balaban J connectivity index is 0.000000347. The minimum Gasteiger partial charge on any atom is -0.477 e. The third-order valence-corrected chi connectivity index (χ3v) is 6.55. The summed E-state index contributed by atoms with van der Waals surface area (Å²) in [6, 6.07) is 14.8. The fourth-order valence-corrected chi connectivity index (χ4v) is 4.16. The quantitative estimate of drug-likeness (QED) is 0.0946. The molecule has 5 aromatic rings. The van der Waals surface area contributed by atoms with Crippen LogP contribution >= 0.6 is 0 Å². The molecule has 0 bridgehead atoms. The van der Waals surface area contributed by atoms with Crippen molar-refractivity contribution in [1.29, 1.82) is 0 Å². The molecule has 16 heteroatoms. The van der Waals surface area contributed by atoms with E-state index in [1.807, 2.05) is 19.1 Å². The number of carbonyl (C=O) groups excluding carboxylic acids is 2. The number of carbonyl (C=O) groups is 3. The summed E-state index contributed by atoms with van der Waals surface area (Å²) in [5.74, 6) is -2.60. The van der Waals surface area contributed by atoms with Crippen LogP contribution in [0.15, 0.2) is 64.2 Å². The Morgan fingerprint density at radius 1 is 1.00 bits per heavy atom. The number of aromatic nitrogens is 3. The summed E-state index contributed by atoms with van der Waals surface area (Å²) < 4.78 is 5.60. The number of carboxylic acid groups (broad SMARTS) is 1. The normalized spacial score (nSPS) is 11.1. The van der Waals surface area contributed by atoms with E-state index in [1.54, 1.807) is 36.4 Å². The average Bonchev–Trinajstić information content (AvgIpc) is 3.33. The molecule has 0 saturated carbocycles. The van der Waals surface area contributed by atoms with E-state index in [1.165, 1.54) is 7.11 Å². The molecule has 1 amide bonds. The molecule has 0 radical (unpaired) electrons. The van der Waals surface area contributed by atoms with Crippen LogP contribution in [0, 0.1) is 0 Å². The maximum atomic E-state index is 12.6. The molecule has 240 valence electrons. The highest BCUT2D eigenvalue weighted by Crippen LogP contribution is 2.21. The van der Waals surface area contributed by atoms with Gasteiger partial charge in [-0.2, -0.15) is 4.98 Å². The lowest BCUT2D eigenvalue weighted by Gasteiger charge is -2.12. The smallest absolute Gasteiger partial charge is 0.353 e. The monoisotopic (exact) mass is 631 g/mol. The third-order valence-electron chi connectivity index (χ3n) is 6.55. The first-order chi connectivity index (χ1) is 21.3. The summed E-state index contributed by atoms with van der Waals surface area (Å²) in [7, 11) is 1.36. The molecule has 46 heavy (non-hydrogen) atoms. The lowest BCUT2D eigenvalue weighted by molar-refractivity contribution is 0.0599. The topological polar surface area (TPSA) is 273 Å². The molecular formula is C30H33N9O7. The van der Waals surface area contributed by atoms with E-state index in [4.69, 9.17) is 22.9 Å². The minimum absolute atomic E-state index is 0. The zero-order valence-electron chi connectivity index (χ0n) is 24.0. The number of benzene rings is 2. The van der Waals surface area contributed by atoms with Crippen molar-refractivity contribution in [2.24, 2.45) is 5.73 Å². The van der Waals surface area contributed by atoms with Gasteiger partial charge in [0.25, 0.3) is 16.8 Å². The number of esters is 1. The molecular weight excluding hydrogens is 598 g/mol. The van der Waals surface area contributed by atoms with Crippen molar-refractivity contribution < 1.29 is 24.2 Å². The number of rotatable bonds is 8. The highest BCUT2D eigenvalue weighted by Gasteiger charge is 2.21. The number of nitrogens with zero attached hydrogens (tertiary/aromatic N) is 3. The van der Waals surface area contributed by atoms with Crippen LogP contribution in [0.4, 0.5) is 28.8 Å². The van der Waals surface area contributed by atoms with Crippen molar-refractivity contribution in [2.75, 3.05) is 29.6 Å². The molecule has 5 rings (SSSR count). The van der Waals surface area contributed by atoms with Crippen molar-refractivity contribution in [2.45, 2.75) is 26.9 Å². The van der Waals surface area contributed by atoms with Crippen LogP contribution in [0.5, 0.6) is 0 Å². The molecule has 1 atom stereocenters. The fraction of sp³-hybridized carbons (Fsp3) is 0.167. The lowest BCUT2D eigenvalue weighted by Crippen LogP contribution is -2.36. The predicted octanol–water partition coefficient (Wildman–Crippen LogP) is 1.57. The maximum absolute atomic E-state index is 12.6. The van der Waals surface area contributed by atoms with E-state index in [-0.39, 0.29) is 66.2 Å². The van der Waals surface area contributed by atoms with Crippen LogP contribution < -0.4 is 44.4 Å². The number of nitrogens with one attached hydrogen (secondary N) is 2. The van der Waals surface area contributed by atoms with Gasteiger partial charge in [0.15, 0.2) is 11.5 Å². The van der Waals surface area contributed by atoms with E-state index >= 15 is 0 Å². The molecule has 0 spiro atoms. The Kier molecular flexibility index (Phi) is 10.4. The summed E-state index contributed by atoms with van der Waals surface area (Å²) >= 11 is 0. The number of nitrogens with two attached hydrogens (primary N) is 4. The van der Waals surface area contributed by atoms with E-state index in [0.717, 1.165) is 16.0 Å². The van der Waals surface area contributed by atoms with E-state index in [2.05, 4.69) is 25.3 Å². The number of aromatic carboxylic acids is 1. The second kappa shape index (κ2) is 14.0. The summed E-state index contributed by atoms with van der Waals surface area (Å²) in [5.41, 5.74) is 23.1. The number of carboxylic acids is 1. The molecule has 0 fully saturated rings. The Morgan fingerprint density at radius 3 is 2.26 bits per heavy atom. The van der Waals surface area contributed by atoms with Gasteiger partial charge >= 0.3 is 11.9 Å². The van der Waals surface area contributed by atoms with Gasteiger partial charge in [0.05, 0.1) is 12.7 Å². The van der Waals surface area contributed by atoms with Gasteiger partial charge in [-0.3, -0.25) is 18.8 Å². The molecule has 11 N–H and O–H groups in total. The maximum Gasteiger partial charge on any atom is 0.353 e. The zero-order valence-corrected chi connectivity index (χ0v) is 24.0. The Morgan fingerprint density at radius 2 is 1.67 bits per heavy atom. The minimum atomic E-state index is -1.34. The van der Waals surface area contributed by atoms with Crippen molar-refractivity contribution in [1.82, 2.24) is 19.7 Å². The molecule has 0 aliphatic heterocycles. The predicted molar refractivity (Wildman–Crippen MR) is 173 cm³/mol. The second-order valence-corrected chi connectivity index (χ2v) is 9.70. The molecule has 0 unspecified atom stereocenters. The third kappa shape index (κ3) is 7.08. The molecule has 0 aliphatic carbocycles. The van der Waals surface area contributed by atoms with Crippen LogP contribution in [-0.4, -0.2) is 44.4 Å². The van der Waals surface area contributed by atoms with Gasteiger partial charge in [-0.1, -0.05) is 31.7 Å². The van der Waals surface area contributed by atoms with Gasteiger partial charge in [0.1, 0.15) is 22.8 Å².